The van der Waals surface area contributed by atoms with Gasteiger partial charge in [0.1, 0.15) is 12.1 Å². The van der Waals surface area contributed by atoms with Crippen molar-refractivity contribution in [2.75, 3.05) is 19.8 Å². The van der Waals surface area contributed by atoms with Gasteiger partial charge in [-0.2, -0.15) is 0 Å². The lowest BCUT2D eigenvalue weighted by atomic mass is 10.2. The van der Waals surface area contributed by atoms with Gasteiger partial charge in [-0.15, -0.1) is 5.10 Å². The number of carbonyl (C=O) groups excluding carboxylic acids is 1. The molecule has 10 nitrogen and oxygen atoms in total. The highest BCUT2D eigenvalue weighted by atomic mass is 16.5. The van der Waals surface area contributed by atoms with Crippen molar-refractivity contribution in [1.29, 1.82) is 0 Å². The first-order valence-corrected chi connectivity index (χ1v) is 9.39. The SMILES string of the molecule is O=C(Cn1nnc2ccccc2c1=O)NCCOCCn1c(=O)oc2ccccc21. The fraction of sp³-hybridized carbons (Fsp3) is 0.250. The van der Waals surface area contributed by atoms with Crippen molar-refractivity contribution in [3.05, 3.63) is 69.4 Å². The van der Waals surface area contributed by atoms with Gasteiger partial charge in [-0.05, 0) is 24.3 Å². The van der Waals surface area contributed by atoms with E-state index in [1.165, 1.54) is 4.57 Å². The minimum atomic E-state index is -0.435. The molecule has 2 heterocycles. The third-order valence-electron chi connectivity index (χ3n) is 4.52. The molecule has 0 saturated heterocycles. The molecular formula is C20H19N5O5. The van der Waals surface area contributed by atoms with Crippen LogP contribution in [0.5, 0.6) is 0 Å². The van der Waals surface area contributed by atoms with Gasteiger partial charge in [0.25, 0.3) is 5.56 Å². The van der Waals surface area contributed by atoms with Crippen molar-refractivity contribution < 1.29 is 13.9 Å². The Hall–Kier alpha value is -3.79. The van der Waals surface area contributed by atoms with Crippen LogP contribution in [0.4, 0.5) is 0 Å². The second-order valence-corrected chi connectivity index (χ2v) is 6.52. The van der Waals surface area contributed by atoms with Gasteiger partial charge >= 0.3 is 5.76 Å². The van der Waals surface area contributed by atoms with Gasteiger partial charge in [0, 0.05) is 6.54 Å². The second kappa shape index (κ2) is 8.70. The van der Waals surface area contributed by atoms with Crippen molar-refractivity contribution in [3.8, 4) is 0 Å². The number of rotatable bonds is 8. The summed E-state index contributed by atoms with van der Waals surface area (Å²) in [5, 5.41) is 10.8. The Morgan fingerprint density at radius 3 is 2.77 bits per heavy atom. The zero-order valence-corrected chi connectivity index (χ0v) is 16.0. The number of para-hydroxylation sites is 2. The fourth-order valence-corrected chi connectivity index (χ4v) is 3.07. The predicted molar refractivity (Wildman–Crippen MR) is 108 cm³/mol. The molecule has 0 radical (unpaired) electrons. The molecule has 0 spiro atoms. The summed E-state index contributed by atoms with van der Waals surface area (Å²) in [6, 6.07) is 14.0. The van der Waals surface area contributed by atoms with Crippen LogP contribution >= 0.6 is 0 Å². The normalized spacial score (nSPS) is 11.2. The molecule has 1 N–H and O–H groups in total. The standard InChI is InChI=1S/C20H19N5O5/c26-18(13-25-19(27)14-5-1-2-6-15(14)22-23-25)21-9-11-29-12-10-24-16-7-3-4-8-17(16)30-20(24)28/h1-8H,9-13H2,(H,21,26). The zero-order chi connectivity index (χ0) is 20.9. The van der Waals surface area contributed by atoms with Crippen LogP contribution in [0.15, 0.2) is 62.5 Å². The summed E-state index contributed by atoms with van der Waals surface area (Å²) in [5.41, 5.74) is 1.35. The van der Waals surface area contributed by atoms with Gasteiger partial charge in [-0.25, -0.2) is 9.48 Å². The molecule has 2 aromatic carbocycles. The fourth-order valence-electron chi connectivity index (χ4n) is 3.07. The topological polar surface area (TPSA) is 121 Å². The zero-order valence-electron chi connectivity index (χ0n) is 16.0. The molecule has 10 heteroatoms. The minimum Gasteiger partial charge on any atom is -0.408 e. The number of carbonyl (C=O) groups is 1. The summed E-state index contributed by atoms with van der Waals surface area (Å²) in [7, 11) is 0. The smallest absolute Gasteiger partial charge is 0.408 e. The highest BCUT2D eigenvalue weighted by Gasteiger charge is 2.10. The molecule has 0 saturated carbocycles. The average molecular weight is 409 g/mol. The Labute approximate surface area is 169 Å². The van der Waals surface area contributed by atoms with E-state index >= 15 is 0 Å². The van der Waals surface area contributed by atoms with E-state index in [9.17, 15) is 14.4 Å². The third kappa shape index (κ3) is 4.13. The molecule has 0 aliphatic rings. The van der Waals surface area contributed by atoms with Gasteiger partial charge in [-0.1, -0.05) is 29.5 Å². The molecule has 2 aromatic heterocycles. The maximum atomic E-state index is 12.3. The van der Waals surface area contributed by atoms with Gasteiger partial charge in [0.05, 0.1) is 30.7 Å². The largest absolute Gasteiger partial charge is 0.420 e. The van der Waals surface area contributed by atoms with Crippen LogP contribution in [-0.2, 0) is 22.6 Å². The molecule has 30 heavy (non-hydrogen) atoms. The second-order valence-electron chi connectivity index (χ2n) is 6.52. The predicted octanol–water partition coefficient (Wildman–Crippen LogP) is 0.532. The maximum Gasteiger partial charge on any atom is 0.420 e. The molecule has 0 bridgehead atoms. The van der Waals surface area contributed by atoms with Gasteiger partial charge in [0.15, 0.2) is 5.58 Å². The lowest BCUT2D eigenvalue weighted by Crippen LogP contribution is -2.35. The molecule has 0 aliphatic carbocycles. The van der Waals surface area contributed by atoms with E-state index in [1.54, 1.807) is 42.5 Å². The first-order chi connectivity index (χ1) is 14.6. The number of oxazole rings is 1. The van der Waals surface area contributed by atoms with Gasteiger partial charge in [-0.3, -0.25) is 14.2 Å². The van der Waals surface area contributed by atoms with E-state index in [0.717, 1.165) is 4.68 Å². The van der Waals surface area contributed by atoms with E-state index in [1.807, 2.05) is 6.07 Å². The molecule has 0 aliphatic heterocycles. The molecule has 1 amide bonds. The Morgan fingerprint density at radius 1 is 1.07 bits per heavy atom. The van der Waals surface area contributed by atoms with Crippen molar-refractivity contribution in [3.63, 3.8) is 0 Å². The van der Waals surface area contributed by atoms with E-state index in [4.69, 9.17) is 9.15 Å². The maximum absolute atomic E-state index is 12.3. The number of ether oxygens (including phenoxy) is 1. The Balaban J connectivity index is 1.23. The highest BCUT2D eigenvalue weighted by Crippen LogP contribution is 2.11. The first-order valence-electron chi connectivity index (χ1n) is 9.39. The van der Waals surface area contributed by atoms with Crippen LogP contribution in [0.2, 0.25) is 0 Å². The van der Waals surface area contributed by atoms with Crippen LogP contribution in [0.25, 0.3) is 22.0 Å². The van der Waals surface area contributed by atoms with Crippen molar-refractivity contribution in [1.82, 2.24) is 24.9 Å². The number of hydrogen-bond donors (Lipinski definition) is 1. The third-order valence-corrected chi connectivity index (χ3v) is 4.52. The Kier molecular flexibility index (Phi) is 5.66. The van der Waals surface area contributed by atoms with Crippen LogP contribution in [0.3, 0.4) is 0 Å². The lowest BCUT2D eigenvalue weighted by molar-refractivity contribution is -0.122. The number of fused-ring (bicyclic) bond motifs is 2. The summed E-state index contributed by atoms with van der Waals surface area (Å²) >= 11 is 0. The van der Waals surface area contributed by atoms with Crippen molar-refractivity contribution in [2.24, 2.45) is 0 Å². The van der Waals surface area contributed by atoms with Crippen molar-refractivity contribution in [2.45, 2.75) is 13.1 Å². The Bertz CT molecular complexity index is 1310. The van der Waals surface area contributed by atoms with Crippen molar-refractivity contribution >= 4 is 27.9 Å². The summed E-state index contributed by atoms with van der Waals surface area (Å²) in [5.74, 6) is -0.808. The molecular weight excluding hydrogens is 390 g/mol. The number of aromatic nitrogens is 4. The molecule has 4 aromatic rings. The number of hydrogen-bond acceptors (Lipinski definition) is 7. The van der Waals surface area contributed by atoms with Crippen LogP contribution < -0.4 is 16.6 Å². The Morgan fingerprint density at radius 2 is 1.87 bits per heavy atom. The minimum absolute atomic E-state index is 0.229. The summed E-state index contributed by atoms with van der Waals surface area (Å²) < 4.78 is 13.2. The lowest BCUT2D eigenvalue weighted by Gasteiger charge is -2.08. The number of benzene rings is 2. The molecule has 0 unspecified atom stereocenters. The van der Waals surface area contributed by atoms with Crippen LogP contribution in [-0.4, -0.2) is 45.2 Å². The molecule has 4 rings (SSSR count). The number of nitrogens with zero attached hydrogens (tertiary/aromatic N) is 4. The van der Waals surface area contributed by atoms with Gasteiger partial charge < -0.3 is 14.5 Å². The molecule has 154 valence electrons. The van der Waals surface area contributed by atoms with Crippen LogP contribution in [0, 0.1) is 0 Å². The average Bonchev–Trinajstić information content (AvgIpc) is 3.08. The van der Waals surface area contributed by atoms with E-state index < -0.39 is 5.76 Å². The van der Waals surface area contributed by atoms with E-state index in [0.29, 0.717) is 28.5 Å². The first kappa shape index (κ1) is 19.5. The molecule has 0 atom stereocenters. The summed E-state index contributed by atoms with van der Waals surface area (Å²) in [6.07, 6.45) is 0. The molecule has 0 fully saturated rings. The van der Waals surface area contributed by atoms with E-state index in [2.05, 4.69) is 15.6 Å². The van der Waals surface area contributed by atoms with Crippen LogP contribution in [0.1, 0.15) is 0 Å². The monoisotopic (exact) mass is 409 g/mol. The highest BCUT2D eigenvalue weighted by molar-refractivity contribution is 5.78. The van der Waals surface area contributed by atoms with Gasteiger partial charge in [0.2, 0.25) is 5.91 Å². The number of amides is 1. The van der Waals surface area contributed by atoms with E-state index in [-0.39, 0.29) is 37.8 Å². The summed E-state index contributed by atoms with van der Waals surface area (Å²) in [6.45, 7) is 0.915. The summed E-state index contributed by atoms with van der Waals surface area (Å²) in [4.78, 5) is 36.3. The number of nitrogens with one attached hydrogen (secondary N) is 1. The quantitative estimate of drug-likeness (QED) is 0.421.